The smallest absolute Gasteiger partial charge is 0.0972 e. The van der Waals surface area contributed by atoms with Crippen LogP contribution in [0, 0.1) is 0 Å². The second-order valence-electron chi connectivity index (χ2n) is 15.7. The molecule has 0 aliphatic rings. The lowest BCUT2D eigenvalue weighted by molar-refractivity contribution is 1.21. The Balaban J connectivity index is 0.991. The summed E-state index contributed by atoms with van der Waals surface area (Å²) < 4.78 is 0. The maximum absolute atomic E-state index is 5.32. The Kier molecular flexibility index (Phi) is 7.89. The number of rotatable bonds is 5. The third kappa shape index (κ3) is 5.50. The highest BCUT2D eigenvalue weighted by Crippen LogP contribution is 2.43. The van der Waals surface area contributed by atoms with E-state index in [1.165, 1.54) is 81.5 Å². The molecule has 0 radical (unpaired) electrons. The molecule has 2 nitrogen and oxygen atoms in total. The largest absolute Gasteiger partial charge is 0.252 e. The van der Waals surface area contributed by atoms with Gasteiger partial charge in [-0.2, -0.15) is 0 Å². The molecule has 0 saturated carbocycles. The van der Waals surface area contributed by atoms with E-state index in [2.05, 4.69) is 188 Å². The molecule has 0 aliphatic carbocycles. The van der Waals surface area contributed by atoms with Crippen molar-refractivity contribution < 1.29 is 0 Å². The van der Waals surface area contributed by atoms with Crippen molar-refractivity contribution in [1.82, 2.24) is 9.97 Å². The lowest BCUT2D eigenvalue weighted by Gasteiger charge is -2.16. The Morgan fingerprint density at radius 2 is 0.767 bits per heavy atom. The maximum atomic E-state index is 5.32. The van der Waals surface area contributed by atoms with Gasteiger partial charge in [-0.15, -0.1) is 0 Å². The average molecular weight is 761 g/mol. The van der Waals surface area contributed by atoms with E-state index in [9.17, 15) is 0 Å². The van der Waals surface area contributed by atoms with Crippen LogP contribution in [0.3, 0.4) is 0 Å². The normalized spacial score (nSPS) is 11.7. The molecule has 0 amide bonds. The Labute approximate surface area is 347 Å². The van der Waals surface area contributed by atoms with E-state index < -0.39 is 0 Å². The van der Waals surface area contributed by atoms with Crippen molar-refractivity contribution in [1.29, 1.82) is 0 Å². The Morgan fingerprint density at radius 1 is 0.267 bits per heavy atom. The average Bonchev–Trinajstić information content (AvgIpc) is 3.33. The van der Waals surface area contributed by atoms with Crippen LogP contribution in [-0.2, 0) is 0 Å². The summed E-state index contributed by atoms with van der Waals surface area (Å²) >= 11 is 0. The lowest BCUT2D eigenvalue weighted by Crippen LogP contribution is -1.97. The molecule has 1 heterocycles. The van der Waals surface area contributed by atoms with Crippen LogP contribution in [0.4, 0.5) is 0 Å². The van der Waals surface area contributed by atoms with Crippen LogP contribution in [-0.4, -0.2) is 9.97 Å². The van der Waals surface area contributed by atoms with E-state index in [1.807, 2.05) is 30.5 Å². The van der Waals surface area contributed by atoms with Gasteiger partial charge < -0.3 is 0 Å². The van der Waals surface area contributed by atoms with Gasteiger partial charge in [0.25, 0.3) is 0 Å². The van der Waals surface area contributed by atoms with Crippen molar-refractivity contribution in [2.24, 2.45) is 0 Å². The molecular weight excluding hydrogens is 725 g/mol. The molecule has 1 aromatic heterocycles. The third-order valence-electron chi connectivity index (χ3n) is 12.3. The van der Waals surface area contributed by atoms with Crippen LogP contribution in [0.2, 0.25) is 0 Å². The van der Waals surface area contributed by atoms with Gasteiger partial charge in [-0.3, -0.25) is 4.98 Å². The van der Waals surface area contributed by atoms with Crippen LogP contribution in [0.5, 0.6) is 0 Å². The van der Waals surface area contributed by atoms with Gasteiger partial charge in [-0.25, -0.2) is 4.98 Å². The fourth-order valence-corrected chi connectivity index (χ4v) is 9.49. The van der Waals surface area contributed by atoms with E-state index in [4.69, 9.17) is 9.97 Å². The van der Waals surface area contributed by atoms with Gasteiger partial charge in [0.2, 0.25) is 0 Å². The number of aromatic nitrogens is 2. The second kappa shape index (κ2) is 13.9. The summed E-state index contributed by atoms with van der Waals surface area (Å²) in [6.45, 7) is 0. The Hall–Kier alpha value is -7.94. The van der Waals surface area contributed by atoms with Crippen LogP contribution >= 0.6 is 0 Å². The Morgan fingerprint density at radius 3 is 1.45 bits per heavy atom. The number of hydrogen-bond acceptors (Lipinski definition) is 2. The monoisotopic (exact) mass is 760 g/mol. The summed E-state index contributed by atoms with van der Waals surface area (Å²) in [5.41, 5.74) is 10.5. The minimum absolute atomic E-state index is 0.850. The van der Waals surface area contributed by atoms with Gasteiger partial charge in [-0.05, 0) is 99.0 Å². The molecule has 0 fully saturated rings. The fraction of sp³-hybridized carbons (Fsp3) is 0. The van der Waals surface area contributed by atoms with E-state index in [0.29, 0.717) is 0 Å². The number of nitrogens with zero attached hydrogens (tertiary/aromatic N) is 2. The molecule has 0 N–H and O–H groups in total. The molecule has 60 heavy (non-hydrogen) atoms. The summed E-state index contributed by atoms with van der Waals surface area (Å²) in [6.07, 6.45) is 1.92. The molecule has 12 aromatic rings. The maximum Gasteiger partial charge on any atom is 0.0972 e. The van der Waals surface area contributed by atoms with Crippen LogP contribution in [0.15, 0.2) is 219 Å². The topological polar surface area (TPSA) is 25.8 Å². The minimum Gasteiger partial charge on any atom is -0.252 e. The van der Waals surface area contributed by atoms with E-state index in [-0.39, 0.29) is 0 Å². The molecule has 0 atom stereocenters. The fourth-order valence-electron chi connectivity index (χ4n) is 9.49. The summed E-state index contributed by atoms with van der Waals surface area (Å²) in [5.74, 6) is 0. The van der Waals surface area contributed by atoms with Gasteiger partial charge in [0.05, 0.1) is 23.3 Å². The quantitative estimate of drug-likeness (QED) is 0.163. The van der Waals surface area contributed by atoms with Gasteiger partial charge in [0, 0.05) is 16.7 Å². The molecule has 12 rings (SSSR count). The SMILES string of the molecule is c1ccc(-c2ncc(-c3ccc(-c4ccc(-c5cc6ccc7cccc8c9ccccc9c9ccccc9c(c5)c6c78)cc4)c4ccccc34)nc2-c2ccccc2)cc1. The van der Waals surface area contributed by atoms with E-state index >= 15 is 0 Å². The second-order valence-corrected chi connectivity index (χ2v) is 15.7. The molecule has 0 saturated heterocycles. The molecule has 11 aromatic carbocycles. The molecule has 0 aliphatic heterocycles. The summed E-state index contributed by atoms with van der Waals surface area (Å²) in [5, 5.41) is 15.1. The number of fused-ring (bicyclic) bond motifs is 6. The zero-order valence-electron chi connectivity index (χ0n) is 32.7. The predicted octanol–water partition coefficient (Wildman–Crippen LogP) is 15.7. The van der Waals surface area contributed by atoms with Crippen LogP contribution < -0.4 is 0 Å². The van der Waals surface area contributed by atoms with Crippen molar-refractivity contribution in [3.63, 3.8) is 0 Å². The summed E-state index contributed by atoms with van der Waals surface area (Å²) in [4.78, 5) is 10.4. The van der Waals surface area contributed by atoms with Crippen LogP contribution in [0.1, 0.15) is 0 Å². The highest BCUT2D eigenvalue weighted by molar-refractivity contribution is 6.33. The zero-order chi connectivity index (χ0) is 39.6. The van der Waals surface area contributed by atoms with Crippen molar-refractivity contribution in [2.45, 2.75) is 0 Å². The summed E-state index contributed by atoms with van der Waals surface area (Å²) in [7, 11) is 0. The standard InChI is InChI=1S/C58H36N2/c1-3-14-40(15-4-1)57-58(41-16-5-2-6-17-41)60-54(36-59-57)51-33-32-44(45-19-7-10-22-48(45)51)38-28-26-37(27-29-38)43-34-42-31-30-39-18-13-25-52-49-23-11-8-20-46(49)47-21-9-12-24-50(47)53(35-43)56(42)55(39)52/h1-36H. The number of hydrogen-bond donors (Lipinski definition) is 0. The first-order chi connectivity index (χ1) is 29.8. The lowest BCUT2D eigenvalue weighted by atomic mass is 9.88. The van der Waals surface area contributed by atoms with Crippen molar-refractivity contribution >= 4 is 64.6 Å². The zero-order valence-corrected chi connectivity index (χ0v) is 32.7. The van der Waals surface area contributed by atoms with Crippen molar-refractivity contribution in [3.8, 4) is 56.0 Å². The number of benzene rings is 10. The molecule has 2 heteroatoms. The Bertz CT molecular complexity index is 3630. The van der Waals surface area contributed by atoms with Crippen LogP contribution in [0.25, 0.3) is 121 Å². The first-order valence-corrected chi connectivity index (χ1v) is 20.6. The molecule has 278 valence electrons. The first kappa shape index (κ1) is 34.1. The van der Waals surface area contributed by atoms with E-state index in [0.717, 1.165) is 39.2 Å². The van der Waals surface area contributed by atoms with Crippen molar-refractivity contribution in [2.75, 3.05) is 0 Å². The van der Waals surface area contributed by atoms with Gasteiger partial charge in [0.1, 0.15) is 0 Å². The highest BCUT2D eigenvalue weighted by atomic mass is 14.8. The highest BCUT2D eigenvalue weighted by Gasteiger charge is 2.17. The van der Waals surface area contributed by atoms with Gasteiger partial charge in [0.15, 0.2) is 0 Å². The van der Waals surface area contributed by atoms with E-state index in [1.54, 1.807) is 0 Å². The summed E-state index contributed by atoms with van der Waals surface area (Å²) in [6, 6.07) is 76.8. The van der Waals surface area contributed by atoms with Crippen molar-refractivity contribution in [3.05, 3.63) is 219 Å². The predicted molar refractivity (Wildman–Crippen MR) is 254 cm³/mol. The third-order valence-corrected chi connectivity index (χ3v) is 12.3. The molecular formula is C58H36N2. The molecule has 0 unspecified atom stereocenters. The molecule has 0 bridgehead atoms. The first-order valence-electron chi connectivity index (χ1n) is 20.6. The van der Waals surface area contributed by atoms with Gasteiger partial charge >= 0.3 is 0 Å². The minimum atomic E-state index is 0.850. The van der Waals surface area contributed by atoms with Gasteiger partial charge in [-0.1, -0.05) is 200 Å². The molecule has 0 spiro atoms.